The molecule has 1 saturated heterocycles. The second-order valence-corrected chi connectivity index (χ2v) is 6.74. The van der Waals surface area contributed by atoms with Crippen molar-refractivity contribution in [2.24, 2.45) is 0 Å². The van der Waals surface area contributed by atoms with Crippen LogP contribution in [0.3, 0.4) is 0 Å². The van der Waals surface area contributed by atoms with Crippen LogP contribution in [0.5, 0.6) is 0 Å². The quantitative estimate of drug-likeness (QED) is 0.801. The molecule has 1 aromatic heterocycles. The van der Waals surface area contributed by atoms with E-state index in [0.717, 1.165) is 21.2 Å². The molecule has 2 heterocycles. The molecule has 1 aliphatic heterocycles. The van der Waals surface area contributed by atoms with Crippen LogP contribution in [0, 0.1) is 13.8 Å². The Morgan fingerprint density at radius 1 is 1.36 bits per heavy atom. The number of rotatable bonds is 1. The Morgan fingerprint density at radius 2 is 2.14 bits per heavy atom. The maximum Gasteiger partial charge on any atom is 0.288 e. The average molecular weight is 325 g/mol. The lowest BCUT2D eigenvalue weighted by Crippen LogP contribution is -2.41. The lowest BCUT2D eigenvalue weighted by Gasteiger charge is -2.22. The molecule has 0 radical (unpaired) electrons. The molecule has 0 N–H and O–H groups in total. The van der Waals surface area contributed by atoms with E-state index in [1.54, 1.807) is 0 Å². The van der Waals surface area contributed by atoms with Crippen molar-refractivity contribution in [1.82, 2.24) is 4.90 Å². The van der Waals surface area contributed by atoms with Crippen LogP contribution in [-0.2, 0) is 4.74 Å². The summed E-state index contributed by atoms with van der Waals surface area (Å²) in [4.78, 5) is 14.4. The lowest BCUT2D eigenvalue weighted by atomic mass is 10.1. The van der Waals surface area contributed by atoms with Gasteiger partial charge in [-0.15, -0.1) is 11.3 Å². The summed E-state index contributed by atoms with van der Waals surface area (Å²) in [5.74, 6) is -3.32. The first-order valence-corrected chi connectivity index (χ1v) is 7.94. The number of hydrogen-bond donors (Lipinski definition) is 0. The summed E-state index contributed by atoms with van der Waals surface area (Å²) in [5, 5.41) is 1.02. The van der Waals surface area contributed by atoms with Crippen LogP contribution < -0.4 is 0 Å². The number of halogens is 2. The molecule has 22 heavy (non-hydrogen) atoms. The van der Waals surface area contributed by atoms with Gasteiger partial charge in [-0.05, 0) is 30.9 Å². The van der Waals surface area contributed by atoms with Crippen molar-refractivity contribution in [2.45, 2.75) is 19.8 Å². The summed E-state index contributed by atoms with van der Waals surface area (Å²) in [5.41, 5.74) is 1.98. The van der Waals surface area contributed by atoms with Gasteiger partial charge in [0.05, 0.1) is 18.0 Å². The molecule has 118 valence electrons. The van der Waals surface area contributed by atoms with Gasteiger partial charge < -0.3 is 9.64 Å². The van der Waals surface area contributed by atoms with Crippen molar-refractivity contribution in [3.63, 3.8) is 0 Å². The van der Waals surface area contributed by atoms with E-state index in [9.17, 15) is 13.6 Å². The van der Waals surface area contributed by atoms with E-state index in [2.05, 4.69) is 0 Å². The highest BCUT2D eigenvalue weighted by atomic mass is 32.1. The van der Waals surface area contributed by atoms with Crippen LogP contribution in [0.4, 0.5) is 8.78 Å². The van der Waals surface area contributed by atoms with E-state index >= 15 is 0 Å². The predicted molar refractivity (Wildman–Crippen MR) is 83.0 cm³/mol. The molecule has 3 nitrogen and oxygen atoms in total. The van der Waals surface area contributed by atoms with Gasteiger partial charge in [-0.2, -0.15) is 0 Å². The molecular formula is C16H17F2NO2S. The van der Waals surface area contributed by atoms with Gasteiger partial charge in [-0.25, -0.2) is 8.78 Å². The molecule has 1 aliphatic rings. The first kappa shape index (κ1) is 15.4. The first-order chi connectivity index (χ1) is 10.4. The maximum atomic E-state index is 13.6. The third kappa shape index (κ3) is 2.85. The number of carbonyl (C=O) groups is 1. The normalized spacial score (nSPS) is 18.5. The molecule has 1 amide bonds. The fraction of sp³-hybridized carbons (Fsp3) is 0.438. The van der Waals surface area contributed by atoms with Gasteiger partial charge in [0.25, 0.3) is 11.8 Å². The second kappa shape index (κ2) is 5.59. The molecule has 6 heteroatoms. The summed E-state index contributed by atoms with van der Waals surface area (Å²) in [7, 11) is 0. The van der Waals surface area contributed by atoms with E-state index in [-0.39, 0.29) is 19.1 Å². The number of alkyl halides is 2. The zero-order valence-electron chi connectivity index (χ0n) is 12.5. The standard InChI is InChI=1S/C16H17F2NO2S/c1-10-3-4-13-12(7-10)11(2)14(22-13)15(20)19-5-6-21-9-16(17,18)8-19/h3-4,7H,5-6,8-9H2,1-2H3. The van der Waals surface area contributed by atoms with E-state index in [0.29, 0.717) is 4.88 Å². The summed E-state index contributed by atoms with van der Waals surface area (Å²) in [6.07, 6.45) is 0. The monoisotopic (exact) mass is 325 g/mol. The third-order valence-corrected chi connectivity index (χ3v) is 5.07. The highest BCUT2D eigenvalue weighted by Crippen LogP contribution is 2.33. The lowest BCUT2D eigenvalue weighted by molar-refractivity contribution is -0.0660. The van der Waals surface area contributed by atoms with Gasteiger partial charge in [0.2, 0.25) is 0 Å². The van der Waals surface area contributed by atoms with Crippen LogP contribution in [0.25, 0.3) is 10.1 Å². The molecule has 0 unspecified atom stereocenters. The number of hydrogen-bond acceptors (Lipinski definition) is 3. The highest BCUT2D eigenvalue weighted by molar-refractivity contribution is 7.21. The number of nitrogens with zero attached hydrogens (tertiary/aromatic N) is 1. The first-order valence-electron chi connectivity index (χ1n) is 7.12. The molecule has 0 saturated carbocycles. The van der Waals surface area contributed by atoms with Crippen molar-refractivity contribution in [3.8, 4) is 0 Å². The third-order valence-electron chi connectivity index (χ3n) is 3.81. The Bertz CT molecular complexity index is 726. The number of amides is 1. The zero-order valence-corrected chi connectivity index (χ0v) is 13.3. The minimum absolute atomic E-state index is 0.143. The number of thiophene rings is 1. The zero-order chi connectivity index (χ0) is 15.9. The molecule has 0 spiro atoms. The van der Waals surface area contributed by atoms with Gasteiger partial charge in [0.1, 0.15) is 6.61 Å². The largest absolute Gasteiger partial charge is 0.373 e. The number of benzene rings is 1. The van der Waals surface area contributed by atoms with Gasteiger partial charge in [-0.3, -0.25) is 4.79 Å². The number of aryl methyl sites for hydroxylation is 2. The SMILES string of the molecule is Cc1ccc2sc(C(=O)N3CCOCC(F)(F)C3)c(C)c2c1. The highest BCUT2D eigenvalue weighted by Gasteiger charge is 2.37. The summed E-state index contributed by atoms with van der Waals surface area (Å²) in [6, 6.07) is 5.98. The molecule has 1 aromatic carbocycles. The molecule has 0 bridgehead atoms. The van der Waals surface area contributed by atoms with Crippen molar-refractivity contribution in [3.05, 3.63) is 34.2 Å². The van der Waals surface area contributed by atoms with Gasteiger partial charge in [-0.1, -0.05) is 17.7 Å². The van der Waals surface area contributed by atoms with Crippen LogP contribution in [0.15, 0.2) is 18.2 Å². The Morgan fingerprint density at radius 3 is 2.91 bits per heavy atom. The molecular weight excluding hydrogens is 308 g/mol. The summed E-state index contributed by atoms with van der Waals surface area (Å²) >= 11 is 1.36. The fourth-order valence-corrected chi connectivity index (χ4v) is 3.81. The number of carbonyl (C=O) groups excluding carboxylic acids is 1. The van der Waals surface area contributed by atoms with Crippen molar-refractivity contribution < 1.29 is 18.3 Å². The van der Waals surface area contributed by atoms with Crippen molar-refractivity contribution in [2.75, 3.05) is 26.3 Å². The smallest absolute Gasteiger partial charge is 0.288 e. The fourth-order valence-electron chi connectivity index (χ4n) is 2.66. The molecule has 2 aromatic rings. The second-order valence-electron chi connectivity index (χ2n) is 5.69. The Labute approximate surface area is 131 Å². The van der Waals surface area contributed by atoms with E-state index in [1.165, 1.54) is 16.2 Å². The topological polar surface area (TPSA) is 29.5 Å². The summed E-state index contributed by atoms with van der Waals surface area (Å²) in [6.45, 7) is 2.99. The number of fused-ring (bicyclic) bond motifs is 1. The minimum atomic E-state index is -2.99. The van der Waals surface area contributed by atoms with E-state index in [1.807, 2.05) is 32.0 Å². The van der Waals surface area contributed by atoms with Crippen molar-refractivity contribution in [1.29, 1.82) is 0 Å². The van der Waals surface area contributed by atoms with E-state index in [4.69, 9.17) is 4.74 Å². The summed E-state index contributed by atoms with van der Waals surface area (Å²) < 4.78 is 33.2. The van der Waals surface area contributed by atoms with Crippen LogP contribution in [-0.4, -0.2) is 43.0 Å². The van der Waals surface area contributed by atoms with Crippen LogP contribution in [0.2, 0.25) is 0 Å². The van der Waals surface area contributed by atoms with Crippen LogP contribution >= 0.6 is 11.3 Å². The minimum Gasteiger partial charge on any atom is -0.373 e. The maximum absolute atomic E-state index is 13.6. The molecule has 1 fully saturated rings. The van der Waals surface area contributed by atoms with Gasteiger partial charge in [0, 0.05) is 11.2 Å². The van der Waals surface area contributed by atoms with Gasteiger partial charge >= 0.3 is 0 Å². The molecule has 0 atom stereocenters. The Hall–Kier alpha value is -1.53. The van der Waals surface area contributed by atoms with Crippen LogP contribution in [0.1, 0.15) is 20.8 Å². The van der Waals surface area contributed by atoms with E-state index < -0.39 is 19.1 Å². The number of ether oxygens (including phenoxy) is 1. The Kier molecular flexibility index (Phi) is 3.91. The van der Waals surface area contributed by atoms with Crippen molar-refractivity contribution >= 4 is 27.3 Å². The molecule has 0 aliphatic carbocycles. The average Bonchev–Trinajstić information content (AvgIpc) is 2.66. The van der Waals surface area contributed by atoms with Gasteiger partial charge in [0.15, 0.2) is 0 Å². The molecule has 3 rings (SSSR count). The predicted octanol–water partition coefficient (Wildman–Crippen LogP) is 3.63. The Balaban J connectivity index is 1.96.